The highest BCUT2D eigenvalue weighted by Crippen LogP contribution is 2.16. The summed E-state index contributed by atoms with van der Waals surface area (Å²) >= 11 is 1.62. The summed E-state index contributed by atoms with van der Waals surface area (Å²) in [5, 5.41) is 11.0. The fourth-order valence-corrected chi connectivity index (χ4v) is 2.01. The van der Waals surface area contributed by atoms with E-state index in [1.54, 1.807) is 29.5 Å². The van der Waals surface area contributed by atoms with Crippen LogP contribution < -0.4 is 0 Å². The highest BCUT2D eigenvalue weighted by molar-refractivity contribution is 7.10. The Morgan fingerprint density at radius 1 is 1.12 bits per heavy atom. The maximum Gasteiger partial charge on any atom is 0.336 e. The van der Waals surface area contributed by atoms with Gasteiger partial charge in [-0.25, -0.2) is 4.79 Å². The summed E-state index contributed by atoms with van der Waals surface area (Å²) in [7, 11) is 0. The molecule has 0 aliphatic heterocycles. The minimum absolute atomic E-state index is 0.329. The van der Waals surface area contributed by atoms with E-state index >= 15 is 0 Å². The first-order chi connectivity index (χ1) is 7.77. The van der Waals surface area contributed by atoms with Crippen molar-refractivity contribution in [2.75, 3.05) is 0 Å². The highest BCUT2D eigenvalue weighted by Gasteiger charge is 2.05. The standard InChI is InChI=1S/C13H10O2S/c14-13(15)12-6-2-1-4-10(12)7-8-11-5-3-9-16-11/h1-9H,(H,14,15)/b8-7-. The zero-order valence-corrected chi connectivity index (χ0v) is 9.28. The maximum absolute atomic E-state index is 11.0. The van der Waals surface area contributed by atoms with Gasteiger partial charge in [-0.15, -0.1) is 11.3 Å². The Hall–Kier alpha value is -1.87. The van der Waals surface area contributed by atoms with Crippen LogP contribution in [-0.2, 0) is 0 Å². The van der Waals surface area contributed by atoms with Crippen molar-refractivity contribution in [3.05, 3.63) is 57.8 Å². The average molecular weight is 230 g/mol. The van der Waals surface area contributed by atoms with Crippen molar-refractivity contribution < 1.29 is 9.90 Å². The minimum Gasteiger partial charge on any atom is -0.478 e. The molecule has 2 nitrogen and oxygen atoms in total. The summed E-state index contributed by atoms with van der Waals surface area (Å²) in [6, 6.07) is 10.9. The van der Waals surface area contributed by atoms with Crippen LogP contribution in [0.1, 0.15) is 20.8 Å². The average Bonchev–Trinajstić information content (AvgIpc) is 2.79. The molecule has 0 bridgehead atoms. The van der Waals surface area contributed by atoms with E-state index in [0.717, 1.165) is 10.4 Å². The van der Waals surface area contributed by atoms with Crippen LogP contribution in [0.3, 0.4) is 0 Å². The predicted octanol–water partition coefficient (Wildman–Crippen LogP) is 3.62. The molecule has 0 amide bonds. The second-order valence-corrected chi connectivity index (χ2v) is 4.22. The fourth-order valence-electron chi connectivity index (χ4n) is 1.40. The molecule has 2 aromatic rings. The molecule has 0 spiro atoms. The number of carboxylic acid groups (broad SMARTS) is 1. The molecular weight excluding hydrogens is 220 g/mol. The third-order valence-corrected chi connectivity index (χ3v) is 3.00. The molecule has 16 heavy (non-hydrogen) atoms. The molecule has 0 unspecified atom stereocenters. The van der Waals surface area contributed by atoms with Crippen LogP contribution >= 0.6 is 11.3 Å². The molecule has 0 aliphatic rings. The molecule has 2 rings (SSSR count). The van der Waals surface area contributed by atoms with Gasteiger partial charge in [-0.05, 0) is 29.2 Å². The van der Waals surface area contributed by atoms with Gasteiger partial charge in [0.05, 0.1) is 5.56 Å². The Bertz CT molecular complexity index is 512. The SMILES string of the molecule is O=C(O)c1ccccc1/C=C\c1cccs1. The Morgan fingerprint density at radius 2 is 1.94 bits per heavy atom. The van der Waals surface area contributed by atoms with Crippen molar-refractivity contribution in [1.29, 1.82) is 0 Å². The van der Waals surface area contributed by atoms with Crippen LogP contribution in [-0.4, -0.2) is 11.1 Å². The van der Waals surface area contributed by atoms with Crippen molar-refractivity contribution in [2.45, 2.75) is 0 Å². The quantitative estimate of drug-likeness (QED) is 0.874. The molecule has 3 heteroatoms. The van der Waals surface area contributed by atoms with Crippen LogP contribution in [0.25, 0.3) is 12.2 Å². The third-order valence-electron chi connectivity index (χ3n) is 2.16. The zero-order chi connectivity index (χ0) is 11.4. The molecule has 0 saturated heterocycles. The van der Waals surface area contributed by atoms with Gasteiger partial charge in [0.2, 0.25) is 0 Å². The fraction of sp³-hybridized carbons (Fsp3) is 0. The summed E-state index contributed by atoms with van der Waals surface area (Å²) in [5.41, 5.74) is 1.05. The Balaban J connectivity index is 2.31. The van der Waals surface area contributed by atoms with Crippen LogP contribution in [0.5, 0.6) is 0 Å². The van der Waals surface area contributed by atoms with Gasteiger partial charge in [-0.1, -0.05) is 30.3 Å². The smallest absolute Gasteiger partial charge is 0.336 e. The van der Waals surface area contributed by atoms with Gasteiger partial charge in [-0.3, -0.25) is 0 Å². The predicted molar refractivity (Wildman–Crippen MR) is 66.6 cm³/mol. The van der Waals surface area contributed by atoms with Gasteiger partial charge >= 0.3 is 5.97 Å². The Morgan fingerprint density at radius 3 is 2.62 bits per heavy atom. The van der Waals surface area contributed by atoms with Gasteiger partial charge in [0.25, 0.3) is 0 Å². The Labute approximate surface area is 97.5 Å². The van der Waals surface area contributed by atoms with E-state index < -0.39 is 5.97 Å². The van der Waals surface area contributed by atoms with E-state index in [1.807, 2.05) is 35.7 Å². The maximum atomic E-state index is 11.0. The van der Waals surface area contributed by atoms with E-state index in [-0.39, 0.29) is 0 Å². The number of carbonyl (C=O) groups is 1. The largest absolute Gasteiger partial charge is 0.478 e. The van der Waals surface area contributed by atoms with E-state index in [2.05, 4.69) is 0 Å². The van der Waals surface area contributed by atoms with Crippen molar-refractivity contribution in [2.24, 2.45) is 0 Å². The number of hydrogen-bond donors (Lipinski definition) is 1. The first-order valence-electron chi connectivity index (χ1n) is 4.81. The molecule has 1 N–H and O–H groups in total. The van der Waals surface area contributed by atoms with Crippen molar-refractivity contribution in [1.82, 2.24) is 0 Å². The molecule has 1 heterocycles. The van der Waals surface area contributed by atoms with E-state index in [4.69, 9.17) is 5.11 Å². The molecular formula is C13H10O2S. The highest BCUT2D eigenvalue weighted by atomic mass is 32.1. The number of aromatic carboxylic acids is 1. The lowest BCUT2D eigenvalue weighted by atomic mass is 10.1. The summed E-state index contributed by atoms with van der Waals surface area (Å²) in [5.74, 6) is -0.897. The van der Waals surface area contributed by atoms with Crippen LogP contribution in [0.15, 0.2) is 41.8 Å². The summed E-state index contributed by atoms with van der Waals surface area (Å²) in [4.78, 5) is 12.1. The molecule has 0 atom stereocenters. The van der Waals surface area contributed by atoms with Crippen LogP contribution in [0, 0.1) is 0 Å². The van der Waals surface area contributed by atoms with Crippen LogP contribution in [0.2, 0.25) is 0 Å². The van der Waals surface area contributed by atoms with Gasteiger partial charge in [0.1, 0.15) is 0 Å². The van der Waals surface area contributed by atoms with E-state index in [1.165, 1.54) is 0 Å². The van der Waals surface area contributed by atoms with Crippen LogP contribution in [0.4, 0.5) is 0 Å². The summed E-state index contributed by atoms with van der Waals surface area (Å²) < 4.78 is 0. The molecule has 0 aliphatic carbocycles. The van der Waals surface area contributed by atoms with Gasteiger partial charge < -0.3 is 5.11 Å². The molecule has 80 valence electrons. The molecule has 0 radical (unpaired) electrons. The van der Waals surface area contributed by atoms with Gasteiger partial charge in [0.15, 0.2) is 0 Å². The summed E-state index contributed by atoms with van der Waals surface area (Å²) in [6.07, 6.45) is 3.75. The second-order valence-electron chi connectivity index (χ2n) is 3.24. The topological polar surface area (TPSA) is 37.3 Å². The summed E-state index contributed by atoms with van der Waals surface area (Å²) in [6.45, 7) is 0. The first-order valence-corrected chi connectivity index (χ1v) is 5.69. The zero-order valence-electron chi connectivity index (χ0n) is 8.46. The lowest BCUT2D eigenvalue weighted by Crippen LogP contribution is -1.98. The first kappa shape index (κ1) is 10.6. The molecule has 0 saturated carbocycles. The Kier molecular flexibility index (Phi) is 3.17. The van der Waals surface area contributed by atoms with Gasteiger partial charge in [0, 0.05) is 4.88 Å². The lowest BCUT2D eigenvalue weighted by Gasteiger charge is -1.99. The number of hydrogen-bond acceptors (Lipinski definition) is 2. The third kappa shape index (κ3) is 2.38. The molecule has 1 aromatic heterocycles. The number of thiophene rings is 1. The number of carboxylic acids is 1. The monoisotopic (exact) mass is 230 g/mol. The van der Waals surface area contributed by atoms with Crippen molar-refractivity contribution >= 4 is 29.5 Å². The van der Waals surface area contributed by atoms with Gasteiger partial charge in [-0.2, -0.15) is 0 Å². The minimum atomic E-state index is -0.897. The lowest BCUT2D eigenvalue weighted by molar-refractivity contribution is 0.0696. The molecule has 1 aromatic carbocycles. The normalized spacial score (nSPS) is 10.8. The second kappa shape index (κ2) is 4.77. The van der Waals surface area contributed by atoms with Crippen molar-refractivity contribution in [3.8, 4) is 0 Å². The van der Waals surface area contributed by atoms with E-state index in [9.17, 15) is 4.79 Å². The number of benzene rings is 1. The number of rotatable bonds is 3. The van der Waals surface area contributed by atoms with E-state index in [0.29, 0.717) is 5.56 Å². The molecule has 0 fully saturated rings. The van der Waals surface area contributed by atoms with Crippen molar-refractivity contribution in [3.63, 3.8) is 0 Å².